The van der Waals surface area contributed by atoms with Crippen LogP contribution in [0, 0.1) is 0 Å². The molecule has 4 nitrogen and oxygen atoms in total. The molecular formula is C12H23NO3. The highest BCUT2D eigenvalue weighted by Gasteiger charge is 2.16. The van der Waals surface area contributed by atoms with Crippen molar-refractivity contribution < 1.29 is 14.3 Å². The van der Waals surface area contributed by atoms with Crippen LogP contribution < -0.4 is 0 Å². The number of carbonyl (C=O) groups excluding carboxylic acids is 1. The van der Waals surface area contributed by atoms with Crippen molar-refractivity contribution >= 4 is 5.97 Å². The van der Waals surface area contributed by atoms with Gasteiger partial charge in [-0.2, -0.15) is 0 Å². The predicted molar refractivity (Wildman–Crippen MR) is 62.1 cm³/mol. The summed E-state index contributed by atoms with van der Waals surface area (Å²) >= 11 is 0. The van der Waals surface area contributed by atoms with Crippen LogP contribution in [0.4, 0.5) is 0 Å². The van der Waals surface area contributed by atoms with Gasteiger partial charge in [0.25, 0.3) is 0 Å². The average Bonchev–Trinajstić information content (AvgIpc) is 2.16. The minimum Gasteiger partial charge on any atom is -0.458 e. The second-order valence-corrected chi connectivity index (χ2v) is 5.24. The number of ether oxygens (including phenoxy) is 2. The highest BCUT2D eigenvalue weighted by atomic mass is 16.6. The standard InChI is InChI=1S/C12H23NO3/c1-12(2,3)16-11(14)9-15-10-13-7-5-4-6-8-13/h4-10H2,1-3H3. The van der Waals surface area contributed by atoms with Crippen LogP contribution in [-0.4, -0.2) is 42.9 Å². The molecule has 1 saturated heterocycles. The largest absolute Gasteiger partial charge is 0.458 e. The van der Waals surface area contributed by atoms with Crippen LogP contribution in [0.3, 0.4) is 0 Å². The van der Waals surface area contributed by atoms with Crippen molar-refractivity contribution in [2.45, 2.75) is 45.6 Å². The molecule has 0 aromatic carbocycles. The summed E-state index contributed by atoms with van der Waals surface area (Å²) in [5, 5.41) is 0. The summed E-state index contributed by atoms with van der Waals surface area (Å²) in [5.41, 5.74) is -0.425. The molecule has 16 heavy (non-hydrogen) atoms. The van der Waals surface area contributed by atoms with E-state index in [0.717, 1.165) is 13.1 Å². The van der Waals surface area contributed by atoms with Crippen molar-refractivity contribution in [3.8, 4) is 0 Å². The lowest BCUT2D eigenvalue weighted by molar-refractivity contribution is -0.162. The lowest BCUT2D eigenvalue weighted by atomic mass is 10.1. The van der Waals surface area contributed by atoms with Gasteiger partial charge in [-0.25, -0.2) is 4.79 Å². The third kappa shape index (κ3) is 6.08. The maximum atomic E-state index is 11.3. The van der Waals surface area contributed by atoms with Gasteiger partial charge in [-0.1, -0.05) is 6.42 Å². The van der Waals surface area contributed by atoms with Crippen molar-refractivity contribution in [2.24, 2.45) is 0 Å². The molecule has 1 heterocycles. The van der Waals surface area contributed by atoms with Gasteiger partial charge >= 0.3 is 5.97 Å². The van der Waals surface area contributed by atoms with E-state index in [0.29, 0.717) is 6.73 Å². The van der Waals surface area contributed by atoms with Crippen molar-refractivity contribution in [1.29, 1.82) is 0 Å². The number of rotatable bonds is 4. The van der Waals surface area contributed by atoms with Crippen molar-refractivity contribution in [3.63, 3.8) is 0 Å². The summed E-state index contributed by atoms with van der Waals surface area (Å²) in [5.74, 6) is -0.287. The van der Waals surface area contributed by atoms with Gasteiger partial charge in [0.15, 0.2) is 0 Å². The number of carbonyl (C=O) groups is 1. The third-order valence-electron chi connectivity index (χ3n) is 2.36. The zero-order chi connectivity index (χ0) is 12.0. The monoisotopic (exact) mass is 229 g/mol. The summed E-state index contributed by atoms with van der Waals surface area (Å²) in [7, 11) is 0. The first-order valence-corrected chi connectivity index (χ1v) is 5.99. The summed E-state index contributed by atoms with van der Waals surface area (Å²) in [6.45, 7) is 8.32. The molecule has 1 fully saturated rings. The van der Waals surface area contributed by atoms with Crippen molar-refractivity contribution in [2.75, 3.05) is 26.4 Å². The Labute approximate surface area is 97.9 Å². The van der Waals surface area contributed by atoms with Crippen LogP contribution >= 0.6 is 0 Å². The zero-order valence-corrected chi connectivity index (χ0v) is 10.6. The third-order valence-corrected chi connectivity index (χ3v) is 2.36. The molecule has 0 aromatic rings. The lowest BCUT2D eigenvalue weighted by Crippen LogP contribution is -2.33. The fourth-order valence-corrected chi connectivity index (χ4v) is 1.72. The summed E-state index contributed by atoms with van der Waals surface area (Å²) in [6.07, 6.45) is 3.77. The normalized spacial score (nSPS) is 18.4. The highest BCUT2D eigenvalue weighted by molar-refractivity contribution is 5.71. The molecule has 0 aromatic heterocycles. The molecule has 4 heteroatoms. The van der Waals surface area contributed by atoms with Crippen LogP contribution in [0.5, 0.6) is 0 Å². The number of nitrogens with zero attached hydrogens (tertiary/aromatic N) is 1. The lowest BCUT2D eigenvalue weighted by Gasteiger charge is -2.26. The van der Waals surface area contributed by atoms with Gasteiger partial charge in [-0.05, 0) is 33.6 Å². The predicted octanol–water partition coefficient (Wildman–Crippen LogP) is 1.79. The summed E-state index contributed by atoms with van der Waals surface area (Å²) in [4.78, 5) is 13.6. The fourth-order valence-electron chi connectivity index (χ4n) is 1.72. The van der Waals surface area contributed by atoms with E-state index < -0.39 is 5.60 Å². The molecule has 1 rings (SSSR count). The summed E-state index contributed by atoms with van der Waals surface area (Å²) in [6, 6.07) is 0. The van der Waals surface area contributed by atoms with E-state index in [9.17, 15) is 4.79 Å². The molecular weight excluding hydrogens is 206 g/mol. The van der Waals surface area contributed by atoms with Gasteiger partial charge in [0.05, 0.1) is 6.73 Å². The SMILES string of the molecule is CC(C)(C)OC(=O)COCN1CCCCC1. The van der Waals surface area contributed by atoms with E-state index in [1.165, 1.54) is 19.3 Å². The van der Waals surface area contributed by atoms with Gasteiger partial charge in [0.2, 0.25) is 0 Å². The topological polar surface area (TPSA) is 38.8 Å². The number of hydrogen-bond acceptors (Lipinski definition) is 4. The first-order valence-electron chi connectivity index (χ1n) is 5.99. The first-order chi connectivity index (χ1) is 7.47. The number of likely N-dealkylation sites (tertiary alicyclic amines) is 1. The molecule has 0 atom stereocenters. The van der Waals surface area contributed by atoms with Gasteiger partial charge in [-0.3, -0.25) is 4.90 Å². The minimum atomic E-state index is -0.425. The smallest absolute Gasteiger partial charge is 0.332 e. The van der Waals surface area contributed by atoms with Crippen LogP contribution in [-0.2, 0) is 14.3 Å². The van der Waals surface area contributed by atoms with Gasteiger partial charge in [-0.15, -0.1) is 0 Å². The quantitative estimate of drug-likeness (QED) is 0.689. The van der Waals surface area contributed by atoms with Crippen LogP contribution in [0.25, 0.3) is 0 Å². The maximum absolute atomic E-state index is 11.3. The highest BCUT2D eigenvalue weighted by Crippen LogP contribution is 2.09. The van der Waals surface area contributed by atoms with E-state index in [2.05, 4.69) is 4.90 Å². The molecule has 1 aliphatic heterocycles. The van der Waals surface area contributed by atoms with E-state index in [1.54, 1.807) is 0 Å². The van der Waals surface area contributed by atoms with Crippen molar-refractivity contribution in [1.82, 2.24) is 4.90 Å². The minimum absolute atomic E-state index is 0.0494. The van der Waals surface area contributed by atoms with Crippen LogP contribution in [0.1, 0.15) is 40.0 Å². The number of esters is 1. The van der Waals surface area contributed by atoms with E-state index in [-0.39, 0.29) is 12.6 Å². The van der Waals surface area contributed by atoms with E-state index in [1.807, 2.05) is 20.8 Å². The van der Waals surface area contributed by atoms with Gasteiger partial charge < -0.3 is 9.47 Å². The molecule has 0 bridgehead atoms. The Bertz CT molecular complexity index is 217. The van der Waals surface area contributed by atoms with Crippen LogP contribution in [0.15, 0.2) is 0 Å². The van der Waals surface area contributed by atoms with E-state index >= 15 is 0 Å². The van der Waals surface area contributed by atoms with Gasteiger partial charge in [0.1, 0.15) is 12.2 Å². The molecule has 1 aliphatic rings. The number of hydrogen-bond donors (Lipinski definition) is 0. The molecule has 0 saturated carbocycles. The molecule has 0 N–H and O–H groups in total. The second-order valence-electron chi connectivity index (χ2n) is 5.24. The molecule has 94 valence electrons. The number of piperidine rings is 1. The Kier molecular flexibility index (Phi) is 5.22. The average molecular weight is 229 g/mol. The Balaban J connectivity index is 2.08. The van der Waals surface area contributed by atoms with Gasteiger partial charge in [0, 0.05) is 13.1 Å². The molecule has 0 unspecified atom stereocenters. The molecule has 0 aliphatic carbocycles. The molecule has 0 radical (unpaired) electrons. The first kappa shape index (κ1) is 13.5. The van der Waals surface area contributed by atoms with Crippen LogP contribution in [0.2, 0.25) is 0 Å². The maximum Gasteiger partial charge on any atom is 0.332 e. The fraction of sp³-hybridized carbons (Fsp3) is 0.917. The Morgan fingerprint density at radius 1 is 1.19 bits per heavy atom. The van der Waals surface area contributed by atoms with E-state index in [4.69, 9.17) is 9.47 Å². The zero-order valence-electron chi connectivity index (χ0n) is 10.6. The second kappa shape index (κ2) is 6.21. The van der Waals surface area contributed by atoms with Crippen molar-refractivity contribution in [3.05, 3.63) is 0 Å². The Morgan fingerprint density at radius 3 is 2.38 bits per heavy atom. The molecule has 0 amide bonds. The summed E-state index contributed by atoms with van der Waals surface area (Å²) < 4.78 is 10.5. The Morgan fingerprint density at radius 2 is 1.81 bits per heavy atom. The molecule has 0 spiro atoms. The Hall–Kier alpha value is -0.610.